The summed E-state index contributed by atoms with van der Waals surface area (Å²) in [5.74, 6) is -1.13. The van der Waals surface area contributed by atoms with E-state index >= 15 is 0 Å². The van der Waals surface area contributed by atoms with E-state index in [-0.39, 0.29) is 0 Å². The van der Waals surface area contributed by atoms with Crippen LogP contribution in [-0.4, -0.2) is 0 Å². The van der Waals surface area contributed by atoms with Crippen molar-refractivity contribution in [1.29, 1.82) is 0 Å². The van der Waals surface area contributed by atoms with Crippen LogP contribution in [0.5, 0.6) is 0 Å². The molecule has 0 amide bonds. The van der Waals surface area contributed by atoms with Crippen LogP contribution in [0.25, 0.3) is 0 Å². The lowest BCUT2D eigenvalue weighted by Gasteiger charge is -2.10. The van der Waals surface area contributed by atoms with Crippen molar-refractivity contribution in [3.05, 3.63) is 65.2 Å². The average molecular weight is 247 g/mol. The summed E-state index contributed by atoms with van der Waals surface area (Å²) >= 11 is 0. The fraction of sp³-hybridized carbons (Fsp3) is 0.200. The number of aryl methyl sites for hydroxylation is 1. The lowest BCUT2D eigenvalue weighted by molar-refractivity contribution is 0.585. The van der Waals surface area contributed by atoms with Crippen molar-refractivity contribution in [3.63, 3.8) is 0 Å². The van der Waals surface area contributed by atoms with Gasteiger partial charge in [0, 0.05) is 12.6 Å². The molecular weight excluding hydrogens is 232 g/mol. The van der Waals surface area contributed by atoms with Crippen LogP contribution in [0.3, 0.4) is 0 Å². The van der Waals surface area contributed by atoms with Crippen LogP contribution in [0.1, 0.15) is 18.1 Å². The van der Waals surface area contributed by atoms with Crippen LogP contribution in [0.15, 0.2) is 42.5 Å². The molecule has 1 nitrogen and oxygen atoms in total. The van der Waals surface area contributed by atoms with Gasteiger partial charge >= 0.3 is 0 Å². The Balaban J connectivity index is 2.11. The van der Waals surface area contributed by atoms with E-state index in [2.05, 4.69) is 18.3 Å². The topological polar surface area (TPSA) is 12.0 Å². The smallest absolute Gasteiger partial charge is 0.149 e. The molecule has 2 rings (SSSR count). The number of nitrogens with one attached hydrogen (secondary N) is 1. The van der Waals surface area contributed by atoms with Gasteiger partial charge < -0.3 is 5.32 Å². The Morgan fingerprint density at radius 2 is 1.72 bits per heavy atom. The zero-order valence-corrected chi connectivity index (χ0v) is 10.2. The fourth-order valence-corrected chi connectivity index (χ4v) is 1.90. The summed E-state index contributed by atoms with van der Waals surface area (Å²) in [6.07, 6.45) is 0.934. The second-order valence-corrected chi connectivity index (χ2v) is 4.10. The van der Waals surface area contributed by atoms with Crippen molar-refractivity contribution < 1.29 is 8.78 Å². The molecular formula is C15H15F2N. The van der Waals surface area contributed by atoms with Gasteiger partial charge in [-0.2, -0.15) is 0 Å². The number of rotatable bonds is 4. The monoisotopic (exact) mass is 247 g/mol. The van der Waals surface area contributed by atoms with Crippen molar-refractivity contribution in [1.82, 2.24) is 0 Å². The summed E-state index contributed by atoms with van der Waals surface area (Å²) in [7, 11) is 0. The zero-order valence-electron chi connectivity index (χ0n) is 10.2. The van der Waals surface area contributed by atoms with Crippen molar-refractivity contribution >= 4 is 5.69 Å². The number of hydrogen-bond acceptors (Lipinski definition) is 1. The molecule has 0 bridgehead atoms. The molecule has 18 heavy (non-hydrogen) atoms. The summed E-state index contributed by atoms with van der Waals surface area (Å²) in [6.45, 7) is 2.61. The molecule has 0 aliphatic rings. The van der Waals surface area contributed by atoms with Crippen molar-refractivity contribution in [2.45, 2.75) is 19.9 Å². The summed E-state index contributed by atoms with van der Waals surface area (Å²) in [4.78, 5) is 0. The number of benzene rings is 2. The molecule has 0 saturated heterocycles. The Labute approximate surface area is 105 Å². The fourth-order valence-electron chi connectivity index (χ4n) is 1.90. The normalized spacial score (nSPS) is 10.4. The van der Waals surface area contributed by atoms with E-state index in [0.29, 0.717) is 12.2 Å². The predicted molar refractivity (Wildman–Crippen MR) is 69.5 cm³/mol. The minimum atomic E-state index is -0.566. The average Bonchev–Trinajstić information content (AvgIpc) is 2.38. The van der Waals surface area contributed by atoms with Crippen LogP contribution in [-0.2, 0) is 13.0 Å². The van der Waals surface area contributed by atoms with Gasteiger partial charge in [0.1, 0.15) is 11.6 Å². The first-order valence-corrected chi connectivity index (χ1v) is 5.96. The molecule has 3 heteroatoms. The maximum absolute atomic E-state index is 13.4. The standard InChI is InChI=1S/C15H15F2N/c1-2-11-5-3-4-6-12(11)10-18-15-8-7-13(16)9-14(15)17/h3-9,18H,2,10H2,1H3. The van der Waals surface area contributed by atoms with Crippen LogP contribution < -0.4 is 5.32 Å². The Kier molecular flexibility index (Phi) is 3.92. The van der Waals surface area contributed by atoms with Gasteiger partial charge in [-0.3, -0.25) is 0 Å². The second-order valence-electron chi connectivity index (χ2n) is 4.10. The second kappa shape index (κ2) is 5.63. The maximum Gasteiger partial charge on any atom is 0.149 e. The van der Waals surface area contributed by atoms with Gasteiger partial charge in [-0.1, -0.05) is 31.2 Å². The van der Waals surface area contributed by atoms with E-state index in [1.165, 1.54) is 17.7 Å². The molecule has 0 aliphatic carbocycles. The van der Waals surface area contributed by atoms with Crippen LogP contribution >= 0.6 is 0 Å². The number of halogens is 2. The van der Waals surface area contributed by atoms with Gasteiger partial charge in [-0.25, -0.2) is 8.78 Å². The predicted octanol–water partition coefficient (Wildman–Crippen LogP) is 4.14. The third-order valence-corrected chi connectivity index (χ3v) is 2.90. The molecule has 94 valence electrons. The quantitative estimate of drug-likeness (QED) is 0.856. The molecule has 0 unspecified atom stereocenters. The summed E-state index contributed by atoms with van der Waals surface area (Å²) in [6, 6.07) is 11.5. The highest BCUT2D eigenvalue weighted by molar-refractivity contribution is 5.45. The third-order valence-electron chi connectivity index (χ3n) is 2.90. The maximum atomic E-state index is 13.4. The van der Waals surface area contributed by atoms with E-state index in [0.717, 1.165) is 18.1 Å². The van der Waals surface area contributed by atoms with Gasteiger partial charge in [0.05, 0.1) is 5.69 Å². The molecule has 2 aromatic rings. The van der Waals surface area contributed by atoms with Gasteiger partial charge in [0.15, 0.2) is 0 Å². The third kappa shape index (κ3) is 2.86. The summed E-state index contributed by atoms with van der Waals surface area (Å²) in [5.41, 5.74) is 2.68. The largest absolute Gasteiger partial charge is 0.379 e. The van der Waals surface area contributed by atoms with Crippen molar-refractivity contribution in [2.24, 2.45) is 0 Å². The highest BCUT2D eigenvalue weighted by Crippen LogP contribution is 2.17. The molecule has 0 fully saturated rings. The Bertz CT molecular complexity index is 538. The van der Waals surface area contributed by atoms with E-state index in [9.17, 15) is 8.78 Å². The highest BCUT2D eigenvalue weighted by atomic mass is 19.1. The van der Waals surface area contributed by atoms with Crippen LogP contribution in [0.4, 0.5) is 14.5 Å². The van der Waals surface area contributed by atoms with E-state index < -0.39 is 11.6 Å². The van der Waals surface area contributed by atoms with Crippen molar-refractivity contribution in [3.8, 4) is 0 Å². The first kappa shape index (κ1) is 12.6. The van der Waals surface area contributed by atoms with E-state index in [4.69, 9.17) is 0 Å². The van der Waals surface area contributed by atoms with Crippen LogP contribution in [0, 0.1) is 11.6 Å². The molecule has 0 atom stereocenters. The molecule has 1 N–H and O–H groups in total. The zero-order chi connectivity index (χ0) is 13.0. The van der Waals surface area contributed by atoms with Crippen molar-refractivity contribution in [2.75, 3.05) is 5.32 Å². The molecule has 0 heterocycles. The van der Waals surface area contributed by atoms with Gasteiger partial charge in [-0.15, -0.1) is 0 Å². The number of hydrogen-bond donors (Lipinski definition) is 1. The molecule has 0 spiro atoms. The molecule has 2 aromatic carbocycles. The van der Waals surface area contributed by atoms with Gasteiger partial charge in [0.25, 0.3) is 0 Å². The summed E-state index contributed by atoms with van der Waals surface area (Å²) < 4.78 is 26.2. The number of anilines is 1. The Morgan fingerprint density at radius 3 is 2.39 bits per heavy atom. The first-order valence-electron chi connectivity index (χ1n) is 5.96. The van der Waals surface area contributed by atoms with Gasteiger partial charge in [0.2, 0.25) is 0 Å². The molecule has 0 aromatic heterocycles. The Hall–Kier alpha value is -1.90. The molecule has 0 aliphatic heterocycles. The minimum absolute atomic E-state index is 0.322. The van der Waals surface area contributed by atoms with E-state index in [1.807, 2.05) is 18.2 Å². The lowest BCUT2D eigenvalue weighted by Crippen LogP contribution is -2.04. The highest BCUT2D eigenvalue weighted by Gasteiger charge is 2.04. The first-order chi connectivity index (χ1) is 8.70. The molecule has 0 saturated carbocycles. The Morgan fingerprint density at radius 1 is 1.00 bits per heavy atom. The minimum Gasteiger partial charge on any atom is -0.379 e. The van der Waals surface area contributed by atoms with Crippen LogP contribution in [0.2, 0.25) is 0 Å². The SMILES string of the molecule is CCc1ccccc1CNc1ccc(F)cc1F. The molecule has 0 radical (unpaired) electrons. The lowest BCUT2D eigenvalue weighted by atomic mass is 10.1. The van der Waals surface area contributed by atoms with E-state index in [1.54, 1.807) is 0 Å². The summed E-state index contributed by atoms with van der Waals surface area (Å²) in [5, 5.41) is 2.99. The van der Waals surface area contributed by atoms with Gasteiger partial charge in [-0.05, 0) is 29.7 Å².